The van der Waals surface area contributed by atoms with E-state index >= 15 is 0 Å². The highest BCUT2D eigenvalue weighted by Crippen LogP contribution is 2.34. The van der Waals surface area contributed by atoms with Crippen LogP contribution in [0.4, 0.5) is 9.59 Å². The second kappa shape index (κ2) is 7.38. The van der Waals surface area contributed by atoms with Crippen molar-refractivity contribution in [3.05, 3.63) is 29.0 Å². The fraction of sp³-hybridized carbons (Fsp3) is 0.526. The molecule has 1 atom stereocenters. The molecule has 1 aliphatic heterocycles. The molecule has 2 aromatic rings. The number of halogens is 1. The fourth-order valence-corrected chi connectivity index (χ4v) is 3.58. The second-order valence-electron chi connectivity index (χ2n) is 7.67. The molecule has 8 heteroatoms. The van der Waals surface area contributed by atoms with Crippen molar-refractivity contribution in [1.82, 2.24) is 14.5 Å². The molecule has 2 aromatic heterocycles. The number of hydrogen-bond acceptors (Lipinski definition) is 5. The lowest BCUT2D eigenvalue weighted by atomic mass is 9.95. The van der Waals surface area contributed by atoms with Crippen molar-refractivity contribution >= 4 is 34.8 Å². The Kier molecular flexibility index (Phi) is 5.33. The normalized spacial score (nSPS) is 17.8. The molecule has 1 amide bonds. The first-order valence-corrected chi connectivity index (χ1v) is 9.31. The zero-order chi connectivity index (χ0) is 19.8. The molecule has 146 valence electrons. The van der Waals surface area contributed by atoms with Gasteiger partial charge in [-0.15, -0.1) is 0 Å². The second-order valence-corrected chi connectivity index (χ2v) is 8.08. The van der Waals surface area contributed by atoms with Crippen molar-refractivity contribution in [2.75, 3.05) is 20.2 Å². The summed E-state index contributed by atoms with van der Waals surface area (Å²) < 4.78 is 11.9. The number of piperidine rings is 1. The van der Waals surface area contributed by atoms with E-state index in [1.807, 2.05) is 26.8 Å². The van der Waals surface area contributed by atoms with Crippen LogP contribution in [0.1, 0.15) is 45.2 Å². The first-order chi connectivity index (χ1) is 12.7. The van der Waals surface area contributed by atoms with Crippen LogP contribution in [0.25, 0.3) is 11.0 Å². The molecule has 0 aliphatic carbocycles. The van der Waals surface area contributed by atoms with E-state index in [0.717, 1.165) is 18.5 Å². The van der Waals surface area contributed by atoms with Gasteiger partial charge in [0.2, 0.25) is 0 Å². The summed E-state index contributed by atoms with van der Waals surface area (Å²) in [6.45, 7) is 6.61. The summed E-state index contributed by atoms with van der Waals surface area (Å²) in [4.78, 5) is 30.9. The van der Waals surface area contributed by atoms with Gasteiger partial charge in [-0.25, -0.2) is 19.1 Å². The van der Waals surface area contributed by atoms with Gasteiger partial charge in [0.15, 0.2) is 5.65 Å². The van der Waals surface area contributed by atoms with E-state index in [2.05, 4.69) is 4.98 Å². The molecule has 0 aromatic carbocycles. The van der Waals surface area contributed by atoms with Crippen molar-refractivity contribution in [3.63, 3.8) is 0 Å². The molecule has 0 saturated carbocycles. The Morgan fingerprint density at radius 2 is 2.04 bits per heavy atom. The zero-order valence-electron chi connectivity index (χ0n) is 16.0. The van der Waals surface area contributed by atoms with Crippen molar-refractivity contribution < 1.29 is 19.1 Å². The van der Waals surface area contributed by atoms with E-state index in [9.17, 15) is 9.59 Å². The average molecular weight is 394 g/mol. The minimum atomic E-state index is -0.553. The summed E-state index contributed by atoms with van der Waals surface area (Å²) in [6, 6.07) is 3.55. The molecule has 27 heavy (non-hydrogen) atoms. The summed E-state index contributed by atoms with van der Waals surface area (Å²) in [5.74, 6) is -0.0457. The van der Waals surface area contributed by atoms with Gasteiger partial charge in [-0.3, -0.25) is 0 Å². The van der Waals surface area contributed by atoms with Crippen molar-refractivity contribution in [1.29, 1.82) is 0 Å². The Morgan fingerprint density at radius 3 is 2.70 bits per heavy atom. The summed E-state index contributed by atoms with van der Waals surface area (Å²) in [5, 5.41) is 1.21. The predicted octanol–water partition coefficient (Wildman–Crippen LogP) is 4.42. The number of ether oxygens (including phenoxy) is 2. The largest absolute Gasteiger partial charge is 0.452 e. The number of carbonyl (C=O) groups is 2. The summed E-state index contributed by atoms with van der Waals surface area (Å²) >= 11 is 6.29. The third-order valence-corrected chi connectivity index (χ3v) is 4.86. The van der Waals surface area contributed by atoms with Gasteiger partial charge in [-0.05, 0) is 45.7 Å². The molecule has 1 fully saturated rings. The molecule has 0 N–H and O–H groups in total. The number of amides is 1. The van der Waals surface area contributed by atoms with Gasteiger partial charge in [0.05, 0.1) is 12.1 Å². The van der Waals surface area contributed by atoms with Crippen LogP contribution in [-0.4, -0.2) is 52.4 Å². The van der Waals surface area contributed by atoms with E-state index < -0.39 is 11.7 Å². The lowest BCUT2D eigenvalue weighted by molar-refractivity contribution is 0.0196. The molecule has 1 unspecified atom stereocenters. The van der Waals surface area contributed by atoms with E-state index in [0.29, 0.717) is 29.1 Å². The lowest BCUT2D eigenvalue weighted by Gasteiger charge is -2.34. The van der Waals surface area contributed by atoms with Gasteiger partial charge >= 0.3 is 12.2 Å². The monoisotopic (exact) mass is 393 g/mol. The average Bonchev–Trinajstić information content (AvgIpc) is 3.01. The van der Waals surface area contributed by atoms with Gasteiger partial charge in [-0.2, -0.15) is 0 Å². The third kappa shape index (κ3) is 4.03. The summed E-state index contributed by atoms with van der Waals surface area (Å²) in [6.07, 6.45) is 2.34. The minimum Gasteiger partial charge on any atom is -0.452 e. The highest BCUT2D eigenvalue weighted by atomic mass is 35.5. The van der Waals surface area contributed by atoms with Crippen molar-refractivity contribution in [2.45, 2.75) is 45.1 Å². The van der Waals surface area contributed by atoms with Crippen LogP contribution < -0.4 is 0 Å². The molecule has 0 bridgehead atoms. The SMILES string of the molecule is COC(=O)n1c(C2CCCN(C(=O)OC(C)(C)C)C2)cc2c(Cl)ccnc21. The van der Waals surface area contributed by atoms with E-state index in [1.54, 1.807) is 17.2 Å². The maximum Gasteiger partial charge on any atom is 0.419 e. The lowest BCUT2D eigenvalue weighted by Crippen LogP contribution is -2.42. The predicted molar refractivity (Wildman–Crippen MR) is 102 cm³/mol. The van der Waals surface area contributed by atoms with Crippen LogP contribution in [0.15, 0.2) is 18.3 Å². The highest BCUT2D eigenvalue weighted by Gasteiger charge is 2.32. The van der Waals surface area contributed by atoms with Gasteiger partial charge in [0.1, 0.15) is 5.60 Å². The van der Waals surface area contributed by atoms with Gasteiger partial charge in [0, 0.05) is 36.3 Å². The standard InChI is InChI=1S/C19H24ClN3O4/c1-19(2,3)27-17(24)22-9-5-6-12(11-22)15-10-13-14(20)7-8-21-16(13)23(15)18(25)26-4/h7-8,10,12H,5-6,9,11H2,1-4H3. The topological polar surface area (TPSA) is 73.7 Å². The van der Waals surface area contributed by atoms with E-state index in [4.69, 9.17) is 21.1 Å². The number of likely N-dealkylation sites (tertiary alicyclic amines) is 1. The van der Waals surface area contributed by atoms with Crippen molar-refractivity contribution in [2.24, 2.45) is 0 Å². The Labute approximate surface area is 163 Å². The van der Waals surface area contributed by atoms with Crippen LogP contribution in [0.5, 0.6) is 0 Å². The van der Waals surface area contributed by atoms with E-state index in [-0.39, 0.29) is 12.0 Å². The molecule has 3 heterocycles. The molecule has 3 rings (SSSR count). The first kappa shape index (κ1) is 19.5. The Morgan fingerprint density at radius 1 is 1.30 bits per heavy atom. The third-order valence-electron chi connectivity index (χ3n) is 4.53. The number of rotatable bonds is 1. The van der Waals surface area contributed by atoms with Crippen LogP contribution in [0, 0.1) is 0 Å². The number of pyridine rings is 1. The van der Waals surface area contributed by atoms with Crippen LogP contribution >= 0.6 is 11.6 Å². The number of methoxy groups -OCH3 is 1. The summed E-state index contributed by atoms with van der Waals surface area (Å²) in [7, 11) is 1.33. The Balaban J connectivity index is 1.95. The number of aromatic nitrogens is 2. The summed E-state index contributed by atoms with van der Waals surface area (Å²) in [5.41, 5.74) is 0.645. The molecule has 1 saturated heterocycles. The molecule has 0 radical (unpaired) electrons. The van der Waals surface area contributed by atoms with Crippen LogP contribution in [0.2, 0.25) is 5.02 Å². The highest BCUT2D eigenvalue weighted by molar-refractivity contribution is 6.35. The van der Waals surface area contributed by atoms with Crippen LogP contribution in [0.3, 0.4) is 0 Å². The molecular formula is C19H24ClN3O4. The minimum absolute atomic E-state index is 0.0457. The van der Waals surface area contributed by atoms with E-state index in [1.165, 1.54) is 11.7 Å². The fourth-order valence-electron chi connectivity index (χ4n) is 3.38. The van der Waals surface area contributed by atoms with Gasteiger partial charge < -0.3 is 14.4 Å². The quantitative estimate of drug-likeness (QED) is 0.717. The number of fused-ring (bicyclic) bond motifs is 1. The number of hydrogen-bond donors (Lipinski definition) is 0. The maximum atomic E-state index is 12.5. The molecular weight excluding hydrogens is 370 g/mol. The van der Waals surface area contributed by atoms with Crippen molar-refractivity contribution in [3.8, 4) is 0 Å². The maximum absolute atomic E-state index is 12.5. The number of carbonyl (C=O) groups excluding carboxylic acids is 2. The van der Waals surface area contributed by atoms with Gasteiger partial charge in [0.25, 0.3) is 0 Å². The Hall–Kier alpha value is -2.28. The molecule has 1 aliphatic rings. The van der Waals surface area contributed by atoms with Gasteiger partial charge in [-0.1, -0.05) is 11.6 Å². The number of nitrogens with zero attached hydrogens (tertiary/aromatic N) is 3. The zero-order valence-corrected chi connectivity index (χ0v) is 16.7. The Bertz CT molecular complexity index is 872. The molecule has 7 nitrogen and oxygen atoms in total. The smallest absolute Gasteiger partial charge is 0.419 e. The first-order valence-electron chi connectivity index (χ1n) is 8.93. The van der Waals surface area contributed by atoms with Crippen LogP contribution in [-0.2, 0) is 9.47 Å². The molecule has 0 spiro atoms.